The van der Waals surface area contributed by atoms with Crippen molar-refractivity contribution in [1.29, 1.82) is 0 Å². The highest BCUT2D eigenvalue weighted by atomic mass is 19.4. The van der Waals surface area contributed by atoms with Crippen molar-refractivity contribution in [1.82, 2.24) is 9.88 Å². The standard InChI is InChI=1S/C15H17F3N2O3/c16-15(17,18)9-22-13-12(2-1-6-19-13)23-11-5-7-20(8-11)14(21)10-3-4-10/h1-2,6,10-11H,3-5,7-9H2. The first-order chi connectivity index (χ1) is 10.9. The molecule has 23 heavy (non-hydrogen) atoms. The largest absolute Gasteiger partial charge is 0.483 e. The second-order valence-corrected chi connectivity index (χ2v) is 5.80. The molecule has 8 heteroatoms. The van der Waals surface area contributed by atoms with Crippen LogP contribution in [0.3, 0.4) is 0 Å². The number of pyridine rings is 1. The van der Waals surface area contributed by atoms with Gasteiger partial charge in [0.25, 0.3) is 5.88 Å². The van der Waals surface area contributed by atoms with Gasteiger partial charge in [0.15, 0.2) is 12.4 Å². The van der Waals surface area contributed by atoms with E-state index in [1.54, 1.807) is 11.0 Å². The van der Waals surface area contributed by atoms with Crippen molar-refractivity contribution in [3.8, 4) is 11.6 Å². The smallest absolute Gasteiger partial charge is 0.422 e. The molecular weight excluding hydrogens is 313 g/mol. The molecule has 0 spiro atoms. The molecule has 2 fully saturated rings. The normalized spacial score (nSPS) is 21.3. The highest BCUT2D eigenvalue weighted by molar-refractivity contribution is 5.81. The van der Waals surface area contributed by atoms with Gasteiger partial charge in [-0.1, -0.05) is 0 Å². The third-order valence-electron chi connectivity index (χ3n) is 3.79. The van der Waals surface area contributed by atoms with Gasteiger partial charge in [0.1, 0.15) is 6.10 Å². The minimum atomic E-state index is -4.43. The predicted octanol–water partition coefficient (Wildman–Crippen LogP) is 2.41. The SMILES string of the molecule is O=C(C1CC1)N1CCC(Oc2cccnc2OCC(F)(F)F)C1. The van der Waals surface area contributed by atoms with Gasteiger partial charge in [-0.2, -0.15) is 13.2 Å². The van der Waals surface area contributed by atoms with E-state index in [9.17, 15) is 18.0 Å². The summed E-state index contributed by atoms with van der Waals surface area (Å²) in [5.41, 5.74) is 0. The topological polar surface area (TPSA) is 51.7 Å². The molecule has 1 saturated carbocycles. The number of aromatic nitrogens is 1. The Bertz CT molecular complexity index is 575. The zero-order chi connectivity index (χ0) is 16.4. The van der Waals surface area contributed by atoms with E-state index in [0.717, 1.165) is 12.8 Å². The van der Waals surface area contributed by atoms with Crippen molar-refractivity contribution in [2.75, 3.05) is 19.7 Å². The fourth-order valence-electron chi connectivity index (χ4n) is 2.52. The Kier molecular flexibility index (Phi) is 4.32. The number of halogens is 3. The first-order valence-electron chi connectivity index (χ1n) is 7.52. The van der Waals surface area contributed by atoms with Crippen LogP contribution in [0.15, 0.2) is 18.3 Å². The monoisotopic (exact) mass is 330 g/mol. The van der Waals surface area contributed by atoms with Gasteiger partial charge in [-0.15, -0.1) is 0 Å². The van der Waals surface area contributed by atoms with E-state index in [2.05, 4.69) is 4.98 Å². The lowest BCUT2D eigenvalue weighted by Gasteiger charge is -2.18. The molecule has 0 aromatic carbocycles. The van der Waals surface area contributed by atoms with Crippen molar-refractivity contribution in [2.24, 2.45) is 5.92 Å². The predicted molar refractivity (Wildman–Crippen MR) is 74.1 cm³/mol. The summed E-state index contributed by atoms with van der Waals surface area (Å²) in [6.45, 7) is -0.362. The number of carbonyl (C=O) groups is 1. The van der Waals surface area contributed by atoms with Crippen molar-refractivity contribution in [2.45, 2.75) is 31.5 Å². The number of likely N-dealkylation sites (tertiary alicyclic amines) is 1. The van der Waals surface area contributed by atoms with E-state index in [1.165, 1.54) is 12.3 Å². The molecule has 2 heterocycles. The second-order valence-electron chi connectivity index (χ2n) is 5.80. The van der Waals surface area contributed by atoms with E-state index in [-0.39, 0.29) is 29.6 Å². The van der Waals surface area contributed by atoms with Crippen LogP contribution in [0.1, 0.15) is 19.3 Å². The van der Waals surface area contributed by atoms with Crippen molar-refractivity contribution < 1.29 is 27.4 Å². The van der Waals surface area contributed by atoms with Crippen molar-refractivity contribution in [3.05, 3.63) is 18.3 Å². The summed E-state index contributed by atoms with van der Waals surface area (Å²) in [7, 11) is 0. The van der Waals surface area contributed by atoms with Crippen LogP contribution in [-0.2, 0) is 4.79 Å². The van der Waals surface area contributed by atoms with Gasteiger partial charge in [0.2, 0.25) is 5.91 Å². The van der Waals surface area contributed by atoms with E-state index in [0.29, 0.717) is 19.5 Å². The van der Waals surface area contributed by atoms with Crippen molar-refractivity contribution in [3.63, 3.8) is 0 Å². The van der Waals surface area contributed by atoms with Gasteiger partial charge in [-0.05, 0) is 25.0 Å². The Morgan fingerprint density at radius 2 is 2.13 bits per heavy atom. The fraction of sp³-hybridized carbons (Fsp3) is 0.600. The molecule has 1 aromatic heterocycles. The van der Waals surface area contributed by atoms with E-state index < -0.39 is 12.8 Å². The van der Waals surface area contributed by atoms with E-state index in [4.69, 9.17) is 9.47 Å². The Hall–Kier alpha value is -1.99. The highest BCUT2D eigenvalue weighted by Gasteiger charge is 2.37. The number of amides is 1. The van der Waals surface area contributed by atoms with Crippen LogP contribution >= 0.6 is 0 Å². The molecule has 1 unspecified atom stereocenters. The summed E-state index contributed by atoms with van der Waals surface area (Å²) in [5.74, 6) is 0.285. The van der Waals surface area contributed by atoms with Gasteiger partial charge in [0, 0.05) is 25.1 Å². The molecule has 1 amide bonds. The molecule has 0 bridgehead atoms. The van der Waals surface area contributed by atoms with Gasteiger partial charge >= 0.3 is 6.18 Å². The Morgan fingerprint density at radius 1 is 1.35 bits per heavy atom. The third kappa shape index (κ3) is 4.27. The number of hydrogen-bond donors (Lipinski definition) is 0. The number of hydrogen-bond acceptors (Lipinski definition) is 4. The zero-order valence-corrected chi connectivity index (χ0v) is 12.4. The first-order valence-corrected chi connectivity index (χ1v) is 7.52. The number of nitrogens with zero attached hydrogens (tertiary/aromatic N) is 2. The van der Waals surface area contributed by atoms with Crippen LogP contribution in [0.25, 0.3) is 0 Å². The minimum Gasteiger partial charge on any atom is -0.483 e. The van der Waals surface area contributed by atoms with Crippen LogP contribution in [0.2, 0.25) is 0 Å². The maximum atomic E-state index is 12.3. The number of ether oxygens (including phenoxy) is 2. The molecule has 1 aliphatic carbocycles. The number of alkyl halides is 3. The van der Waals surface area contributed by atoms with Crippen LogP contribution in [0, 0.1) is 5.92 Å². The minimum absolute atomic E-state index is 0.149. The summed E-state index contributed by atoms with van der Waals surface area (Å²) in [4.78, 5) is 17.5. The average molecular weight is 330 g/mol. The second kappa shape index (κ2) is 6.25. The maximum absolute atomic E-state index is 12.3. The van der Waals surface area contributed by atoms with E-state index >= 15 is 0 Å². The van der Waals surface area contributed by atoms with Gasteiger partial charge in [-0.3, -0.25) is 4.79 Å². The van der Waals surface area contributed by atoms with Crippen molar-refractivity contribution >= 4 is 5.91 Å². The summed E-state index contributed by atoms with van der Waals surface area (Å²) >= 11 is 0. The lowest BCUT2D eigenvalue weighted by Crippen LogP contribution is -2.32. The molecule has 1 aliphatic heterocycles. The number of carbonyl (C=O) groups excluding carboxylic acids is 1. The van der Waals surface area contributed by atoms with Crippen LogP contribution in [0.5, 0.6) is 11.6 Å². The number of rotatable bonds is 5. The molecule has 2 aliphatic rings. The Labute approximate surface area is 131 Å². The van der Waals surface area contributed by atoms with Gasteiger partial charge in [0.05, 0.1) is 6.54 Å². The fourth-order valence-corrected chi connectivity index (χ4v) is 2.52. The molecule has 0 N–H and O–H groups in total. The molecule has 1 atom stereocenters. The van der Waals surface area contributed by atoms with Crippen LogP contribution in [-0.4, -0.2) is 47.8 Å². The van der Waals surface area contributed by atoms with Crippen LogP contribution < -0.4 is 9.47 Å². The first kappa shape index (κ1) is 15.9. The molecular formula is C15H17F3N2O3. The van der Waals surface area contributed by atoms with Gasteiger partial charge in [-0.25, -0.2) is 4.98 Å². The summed E-state index contributed by atoms with van der Waals surface area (Å²) < 4.78 is 47.2. The Balaban J connectivity index is 1.58. The summed E-state index contributed by atoms with van der Waals surface area (Å²) in [6, 6.07) is 3.09. The summed E-state index contributed by atoms with van der Waals surface area (Å²) in [5, 5.41) is 0. The van der Waals surface area contributed by atoms with Crippen LogP contribution in [0.4, 0.5) is 13.2 Å². The average Bonchev–Trinajstić information content (AvgIpc) is 3.25. The summed E-state index contributed by atoms with van der Waals surface area (Å²) in [6.07, 6.45) is -0.814. The quantitative estimate of drug-likeness (QED) is 0.832. The Morgan fingerprint density at radius 3 is 2.83 bits per heavy atom. The molecule has 5 nitrogen and oxygen atoms in total. The highest BCUT2D eigenvalue weighted by Crippen LogP contribution is 2.33. The molecule has 0 radical (unpaired) electrons. The van der Waals surface area contributed by atoms with E-state index in [1.807, 2.05) is 0 Å². The zero-order valence-electron chi connectivity index (χ0n) is 12.4. The molecule has 1 saturated heterocycles. The lowest BCUT2D eigenvalue weighted by molar-refractivity contribution is -0.154. The third-order valence-corrected chi connectivity index (χ3v) is 3.79. The molecule has 1 aromatic rings. The molecule has 3 rings (SSSR count). The van der Waals surface area contributed by atoms with Gasteiger partial charge < -0.3 is 14.4 Å². The lowest BCUT2D eigenvalue weighted by atomic mass is 10.3. The maximum Gasteiger partial charge on any atom is 0.422 e. The molecule has 126 valence electrons.